The van der Waals surface area contributed by atoms with Crippen molar-refractivity contribution in [3.8, 4) is 6.07 Å². The summed E-state index contributed by atoms with van der Waals surface area (Å²) in [6, 6.07) is 2.03. The molecule has 0 bridgehead atoms. The highest BCUT2D eigenvalue weighted by molar-refractivity contribution is 9.10. The summed E-state index contributed by atoms with van der Waals surface area (Å²) in [4.78, 5) is 42.9. The van der Waals surface area contributed by atoms with E-state index < -0.39 is 42.4 Å². The molecule has 0 aromatic carbocycles. The quantitative estimate of drug-likeness (QED) is 0.462. The summed E-state index contributed by atoms with van der Waals surface area (Å²) < 4.78 is 23.5. The van der Waals surface area contributed by atoms with E-state index in [1.165, 1.54) is 31.7 Å². The number of esters is 3. The molecule has 0 unspecified atom stereocenters. The van der Waals surface area contributed by atoms with Gasteiger partial charge in [0.1, 0.15) is 41.2 Å². The lowest BCUT2D eigenvalue weighted by atomic mass is 10.1. The number of rotatable bonds is 5. The Bertz CT molecular complexity index is 1100. The molecule has 3 rings (SSSR count). The number of hydrogen-bond donors (Lipinski definition) is 1. The Hall–Kier alpha value is -3.24. The topological polar surface area (TPSA) is 169 Å². The van der Waals surface area contributed by atoms with Gasteiger partial charge in [0.25, 0.3) is 0 Å². The first kappa shape index (κ1) is 22.4. The van der Waals surface area contributed by atoms with Gasteiger partial charge < -0.3 is 24.7 Å². The third kappa shape index (κ3) is 4.30. The summed E-state index contributed by atoms with van der Waals surface area (Å²) >= 11 is 3.35. The van der Waals surface area contributed by atoms with Crippen molar-refractivity contribution in [2.24, 2.45) is 0 Å². The summed E-state index contributed by atoms with van der Waals surface area (Å²) in [6.07, 6.45) is -3.09. The summed E-state index contributed by atoms with van der Waals surface area (Å²) in [5.41, 5.74) is 6.31. The van der Waals surface area contributed by atoms with Crippen LogP contribution in [0.25, 0.3) is 11.0 Å². The van der Waals surface area contributed by atoms with E-state index in [1.807, 2.05) is 6.07 Å². The molecule has 31 heavy (non-hydrogen) atoms. The van der Waals surface area contributed by atoms with Gasteiger partial charge in [-0.2, -0.15) is 5.26 Å². The monoisotopic (exact) mass is 495 g/mol. The van der Waals surface area contributed by atoms with Crippen LogP contribution in [0, 0.1) is 11.3 Å². The highest BCUT2D eigenvalue weighted by Crippen LogP contribution is 2.41. The van der Waals surface area contributed by atoms with Crippen molar-refractivity contribution in [1.82, 2.24) is 14.5 Å². The van der Waals surface area contributed by atoms with E-state index in [4.69, 9.17) is 24.7 Å². The second kappa shape index (κ2) is 8.86. The maximum absolute atomic E-state index is 11.8. The van der Waals surface area contributed by atoms with Crippen LogP contribution in [0.4, 0.5) is 5.82 Å². The number of aromatic nitrogens is 3. The first-order valence-corrected chi connectivity index (χ1v) is 9.78. The molecule has 2 N–H and O–H groups in total. The number of nitrogens with zero attached hydrogens (tertiary/aromatic N) is 4. The molecular formula is C18H18BrN5O7. The van der Waals surface area contributed by atoms with Crippen LogP contribution in [0.3, 0.4) is 0 Å². The van der Waals surface area contributed by atoms with Crippen molar-refractivity contribution in [2.45, 2.75) is 45.3 Å². The van der Waals surface area contributed by atoms with E-state index in [2.05, 4.69) is 25.9 Å². The molecule has 13 heteroatoms. The molecule has 4 atom stereocenters. The maximum Gasteiger partial charge on any atom is 0.303 e. The molecule has 0 aliphatic carbocycles. The van der Waals surface area contributed by atoms with Crippen molar-refractivity contribution in [3.05, 3.63) is 16.5 Å². The predicted molar refractivity (Wildman–Crippen MR) is 106 cm³/mol. The normalized spacial score (nSPS) is 22.7. The van der Waals surface area contributed by atoms with Gasteiger partial charge in [-0.25, -0.2) is 9.97 Å². The second-order valence-electron chi connectivity index (χ2n) is 6.62. The Kier molecular flexibility index (Phi) is 6.42. The molecule has 0 saturated carbocycles. The zero-order valence-corrected chi connectivity index (χ0v) is 18.3. The standard InChI is InChI=1S/C18H18BrN5O7/c1-7(25)28-5-11-13(29-8(2)26)14(30-9(3)27)18(31-11)24-15(19)10(4-20)12-16(21)22-6-23-17(12)24/h6,11,13-14,18H,5H2,1-3H3,(H2,21,22,23)/t11-,13-,14-,18-/m0/s1. The Morgan fingerprint density at radius 3 is 2.42 bits per heavy atom. The minimum Gasteiger partial charge on any atom is -0.463 e. The van der Waals surface area contributed by atoms with Gasteiger partial charge in [-0.15, -0.1) is 0 Å². The van der Waals surface area contributed by atoms with Crippen LogP contribution in [0.5, 0.6) is 0 Å². The average Bonchev–Trinajstić information content (AvgIpc) is 3.14. The smallest absolute Gasteiger partial charge is 0.303 e. The number of nitrogens with two attached hydrogens (primary N) is 1. The lowest BCUT2D eigenvalue weighted by molar-refractivity contribution is -0.166. The van der Waals surface area contributed by atoms with Crippen LogP contribution < -0.4 is 5.73 Å². The highest BCUT2D eigenvalue weighted by Gasteiger charge is 2.51. The van der Waals surface area contributed by atoms with Crippen molar-refractivity contribution >= 4 is 50.7 Å². The van der Waals surface area contributed by atoms with E-state index in [1.54, 1.807) is 0 Å². The molecule has 2 aromatic rings. The summed E-state index contributed by atoms with van der Waals surface area (Å²) in [6.45, 7) is 3.32. The maximum atomic E-state index is 11.8. The summed E-state index contributed by atoms with van der Waals surface area (Å²) in [7, 11) is 0. The van der Waals surface area contributed by atoms with Gasteiger partial charge in [-0.1, -0.05) is 0 Å². The molecule has 0 amide bonds. The Balaban J connectivity index is 2.16. The lowest BCUT2D eigenvalue weighted by Gasteiger charge is -2.24. The number of halogens is 1. The third-order valence-electron chi connectivity index (χ3n) is 4.46. The largest absolute Gasteiger partial charge is 0.463 e. The molecule has 12 nitrogen and oxygen atoms in total. The van der Waals surface area contributed by atoms with Gasteiger partial charge in [0.15, 0.2) is 18.4 Å². The van der Waals surface area contributed by atoms with E-state index >= 15 is 0 Å². The van der Waals surface area contributed by atoms with E-state index in [9.17, 15) is 19.6 Å². The zero-order chi connectivity index (χ0) is 22.9. The van der Waals surface area contributed by atoms with Gasteiger partial charge in [0.2, 0.25) is 0 Å². The fraction of sp³-hybridized carbons (Fsp3) is 0.444. The number of fused-ring (bicyclic) bond motifs is 1. The number of carbonyl (C=O) groups is 3. The van der Waals surface area contributed by atoms with Crippen LogP contribution >= 0.6 is 15.9 Å². The van der Waals surface area contributed by atoms with Crippen LogP contribution in [0.15, 0.2) is 10.9 Å². The van der Waals surface area contributed by atoms with Crippen LogP contribution in [0.2, 0.25) is 0 Å². The Morgan fingerprint density at radius 1 is 1.19 bits per heavy atom. The van der Waals surface area contributed by atoms with E-state index in [-0.39, 0.29) is 33.6 Å². The molecule has 164 valence electrons. The minimum atomic E-state index is -1.14. The molecule has 1 aliphatic heterocycles. The number of nitriles is 1. The third-order valence-corrected chi connectivity index (χ3v) is 5.24. The number of anilines is 1. The van der Waals surface area contributed by atoms with Gasteiger partial charge in [-0.05, 0) is 15.9 Å². The van der Waals surface area contributed by atoms with Crippen molar-refractivity contribution in [3.63, 3.8) is 0 Å². The second-order valence-corrected chi connectivity index (χ2v) is 7.37. The Labute approximate surface area is 184 Å². The molecule has 1 aliphatic rings. The van der Waals surface area contributed by atoms with Crippen molar-refractivity contribution in [2.75, 3.05) is 12.3 Å². The fourth-order valence-corrected chi connectivity index (χ4v) is 4.02. The van der Waals surface area contributed by atoms with Gasteiger partial charge in [0.05, 0.1) is 10.9 Å². The average molecular weight is 496 g/mol. The molecule has 1 saturated heterocycles. The van der Waals surface area contributed by atoms with Crippen molar-refractivity contribution in [1.29, 1.82) is 5.26 Å². The fourth-order valence-electron chi connectivity index (χ4n) is 3.36. The van der Waals surface area contributed by atoms with Crippen LogP contribution in [-0.2, 0) is 33.3 Å². The van der Waals surface area contributed by atoms with E-state index in [0.29, 0.717) is 0 Å². The number of carbonyl (C=O) groups excluding carboxylic acids is 3. The molecule has 1 fully saturated rings. The SMILES string of the molecule is CC(=O)OC[C@@H]1O[C@H](n2c(Br)c(C#N)c3c(N)ncnc32)[C@@H](OC(C)=O)[C@H]1OC(C)=O. The minimum absolute atomic E-state index is 0.0658. The van der Waals surface area contributed by atoms with E-state index in [0.717, 1.165) is 0 Å². The molecule has 0 spiro atoms. The first-order valence-electron chi connectivity index (χ1n) is 8.98. The molecule has 3 heterocycles. The zero-order valence-electron chi connectivity index (χ0n) is 16.7. The first-order chi connectivity index (χ1) is 14.6. The highest BCUT2D eigenvalue weighted by atomic mass is 79.9. The predicted octanol–water partition coefficient (Wildman–Crippen LogP) is 0.972. The number of hydrogen-bond acceptors (Lipinski definition) is 11. The molecule has 2 aromatic heterocycles. The van der Waals surface area contributed by atoms with Crippen LogP contribution in [-0.4, -0.2) is 57.4 Å². The van der Waals surface area contributed by atoms with Crippen LogP contribution in [0.1, 0.15) is 32.6 Å². The number of ether oxygens (including phenoxy) is 4. The summed E-state index contributed by atoms with van der Waals surface area (Å²) in [5.74, 6) is -1.82. The van der Waals surface area contributed by atoms with Gasteiger partial charge >= 0.3 is 17.9 Å². The Morgan fingerprint density at radius 2 is 1.84 bits per heavy atom. The number of nitrogen functional groups attached to an aromatic ring is 1. The lowest BCUT2D eigenvalue weighted by Crippen LogP contribution is -2.40. The molecule has 0 radical (unpaired) electrons. The van der Waals surface area contributed by atoms with Crippen molar-refractivity contribution < 1.29 is 33.3 Å². The molecular weight excluding hydrogens is 478 g/mol. The van der Waals surface area contributed by atoms with Gasteiger partial charge in [0, 0.05) is 20.8 Å². The van der Waals surface area contributed by atoms with Gasteiger partial charge in [-0.3, -0.25) is 19.0 Å². The summed E-state index contributed by atoms with van der Waals surface area (Å²) in [5, 5.41) is 9.89.